The fourth-order valence-electron chi connectivity index (χ4n) is 3.42. The standard InChI is InChI=1S/C14H25NO2/c1-10(2)9-15-7-3-4-12(8-13(16)17)14(15)11-5-6-11/h10-12,14H,3-9H2,1-2H3,(H,16,17)/t12-,14-/m1/s1. The van der Waals surface area contributed by atoms with Gasteiger partial charge in [0.2, 0.25) is 0 Å². The Hall–Kier alpha value is -0.570. The van der Waals surface area contributed by atoms with Crippen LogP contribution in [0.1, 0.15) is 46.0 Å². The van der Waals surface area contributed by atoms with Crippen molar-refractivity contribution in [1.29, 1.82) is 0 Å². The van der Waals surface area contributed by atoms with Crippen molar-refractivity contribution in [2.45, 2.75) is 52.0 Å². The molecule has 0 radical (unpaired) electrons. The average molecular weight is 239 g/mol. The molecule has 1 aliphatic heterocycles. The maximum atomic E-state index is 11.0. The van der Waals surface area contributed by atoms with E-state index in [4.69, 9.17) is 5.11 Å². The highest BCUT2D eigenvalue weighted by Gasteiger charge is 2.42. The predicted octanol–water partition coefficient (Wildman–Crippen LogP) is 2.61. The molecule has 1 aliphatic carbocycles. The van der Waals surface area contributed by atoms with Crippen LogP contribution in [0.5, 0.6) is 0 Å². The molecular formula is C14H25NO2. The number of aliphatic carboxylic acids is 1. The van der Waals surface area contributed by atoms with Crippen LogP contribution in [0.25, 0.3) is 0 Å². The zero-order valence-corrected chi connectivity index (χ0v) is 11.1. The van der Waals surface area contributed by atoms with Crippen molar-refractivity contribution in [3.8, 4) is 0 Å². The Morgan fingerprint density at radius 2 is 2.06 bits per heavy atom. The molecular weight excluding hydrogens is 214 g/mol. The molecule has 0 bridgehead atoms. The van der Waals surface area contributed by atoms with E-state index >= 15 is 0 Å². The van der Waals surface area contributed by atoms with Crippen molar-refractivity contribution in [2.75, 3.05) is 13.1 Å². The third-order valence-corrected chi connectivity index (χ3v) is 4.07. The van der Waals surface area contributed by atoms with Gasteiger partial charge in [0.05, 0.1) is 0 Å². The van der Waals surface area contributed by atoms with Crippen molar-refractivity contribution >= 4 is 5.97 Å². The van der Waals surface area contributed by atoms with Crippen LogP contribution in [0.15, 0.2) is 0 Å². The molecule has 3 nitrogen and oxygen atoms in total. The van der Waals surface area contributed by atoms with Crippen molar-refractivity contribution in [2.24, 2.45) is 17.8 Å². The molecule has 2 rings (SSSR count). The third-order valence-electron chi connectivity index (χ3n) is 4.07. The van der Waals surface area contributed by atoms with Crippen LogP contribution in [0.2, 0.25) is 0 Å². The molecule has 2 fully saturated rings. The van der Waals surface area contributed by atoms with Crippen LogP contribution in [-0.2, 0) is 4.79 Å². The van der Waals surface area contributed by atoms with Crippen molar-refractivity contribution in [1.82, 2.24) is 4.90 Å². The summed E-state index contributed by atoms with van der Waals surface area (Å²) in [4.78, 5) is 13.5. The lowest BCUT2D eigenvalue weighted by molar-refractivity contribution is -0.139. The maximum absolute atomic E-state index is 11.0. The maximum Gasteiger partial charge on any atom is 0.303 e. The van der Waals surface area contributed by atoms with Gasteiger partial charge in [0.25, 0.3) is 0 Å². The molecule has 0 spiro atoms. The summed E-state index contributed by atoms with van der Waals surface area (Å²) in [5, 5.41) is 9.04. The Kier molecular flexibility index (Phi) is 4.08. The van der Waals surface area contributed by atoms with E-state index in [2.05, 4.69) is 18.7 Å². The lowest BCUT2D eigenvalue weighted by atomic mass is 9.83. The van der Waals surface area contributed by atoms with Crippen molar-refractivity contribution < 1.29 is 9.90 Å². The quantitative estimate of drug-likeness (QED) is 0.801. The van der Waals surface area contributed by atoms with Crippen LogP contribution in [0.3, 0.4) is 0 Å². The van der Waals surface area contributed by atoms with Gasteiger partial charge in [-0.1, -0.05) is 13.8 Å². The minimum Gasteiger partial charge on any atom is -0.481 e. The fraction of sp³-hybridized carbons (Fsp3) is 0.929. The summed E-state index contributed by atoms with van der Waals surface area (Å²) in [6, 6.07) is 0.558. The molecule has 98 valence electrons. The molecule has 1 heterocycles. The summed E-state index contributed by atoms with van der Waals surface area (Å²) in [7, 11) is 0. The molecule has 2 aliphatic rings. The van der Waals surface area contributed by atoms with Gasteiger partial charge in [-0.05, 0) is 50.0 Å². The number of piperidine rings is 1. The summed E-state index contributed by atoms with van der Waals surface area (Å²) in [5.74, 6) is 1.25. The van der Waals surface area contributed by atoms with E-state index in [1.54, 1.807) is 0 Å². The van der Waals surface area contributed by atoms with E-state index in [0.29, 0.717) is 24.3 Å². The molecule has 0 aromatic carbocycles. The topological polar surface area (TPSA) is 40.5 Å². The Morgan fingerprint density at radius 1 is 1.35 bits per heavy atom. The number of hydrogen-bond acceptors (Lipinski definition) is 2. The Balaban J connectivity index is 2.02. The molecule has 17 heavy (non-hydrogen) atoms. The SMILES string of the molecule is CC(C)CN1CCC[C@H](CC(=O)O)[C@H]1C1CC1. The van der Waals surface area contributed by atoms with E-state index < -0.39 is 5.97 Å². The van der Waals surface area contributed by atoms with Gasteiger partial charge in [-0.2, -0.15) is 0 Å². The first kappa shape index (κ1) is 12.9. The number of carboxylic acids is 1. The molecule has 0 aromatic rings. The molecule has 0 unspecified atom stereocenters. The second-order valence-corrected chi connectivity index (χ2v) is 6.22. The fourth-order valence-corrected chi connectivity index (χ4v) is 3.42. The average Bonchev–Trinajstić information content (AvgIpc) is 2.99. The van der Waals surface area contributed by atoms with E-state index in [1.807, 2.05) is 0 Å². The molecule has 3 heteroatoms. The largest absolute Gasteiger partial charge is 0.481 e. The van der Waals surface area contributed by atoms with Gasteiger partial charge < -0.3 is 5.11 Å². The first-order valence-corrected chi connectivity index (χ1v) is 7.03. The van der Waals surface area contributed by atoms with E-state index in [0.717, 1.165) is 18.9 Å². The van der Waals surface area contributed by atoms with Crippen LogP contribution < -0.4 is 0 Å². The first-order valence-electron chi connectivity index (χ1n) is 7.03. The number of rotatable bonds is 5. The predicted molar refractivity (Wildman–Crippen MR) is 67.9 cm³/mol. The number of hydrogen-bond donors (Lipinski definition) is 1. The number of nitrogens with zero attached hydrogens (tertiary/aromatic N) is 1. The van der Waals surface area contributed by atoms with Crippen LogP contribution in [-0.4, -0.2) is 35.1 Å². The third kappa shape index (κ3) is 3.44. The minimum absolute atomic E-state index is 0.371. The van der Waals surface area contributed by atoms with Gasteiger partial charge in [0.1, 0.15) is 0 Å². The zero-order valence-electron chi connectivity index (χ0n) is 11.1. The van der Waals surface area contributed by atoms with Crippen molar-refractivity contribution in [3.63, 3.8) is 0 Å². The van der Waals surface area contributed by atoms with Gasteiger partial charge in [0, 0.05) is 19.0 Å². The normalized spacial score (nSPS) is 30.8. The molecule has 1 saturated heterocycles. The number of carbonyl (C=O) groups is 1. The molecule has 0 aromatic heterocycles. The highest BCUT2D eigenvalue weighted by atomic mass is 16.4. The van der Waals surface area contributed by atoms with Gasteiger partial charge >= 0.3 is 5.97 Å². The van der Waals surface area contributed by atoms with E-state index in [9.17, 15) is 4.79 Å². The highest BCUT2D eigenvalue weighted by Crippen LogP contribution is 2.43. The molecule has 0 amide bonds. The Labute approximate surface area is 104 Å². The number of carboxylic acid groups (broad SMARTS) is 1. The van der Waals surface area contributed by atoms with Gasteiger partial charge in [0.15, 0.2) is 0 Å². The van der Waals surface area contributed by atoms with Crippen LogP contribution >= 0.6 is 0 Å². The second kappa shape index (κ2) is 5.38. The summed E-state index contributed by atoms with van der Waals surface area (Å²) < 4.78 is 0. The summed E-state index contributed by atoms with van der Waals surface area (Å²) in [5.41, 5.74) is 0. The Bertz CT molecular complexity index is 273. The molecule has 1 saturated carbocycles. The lowest BCUT2D eigenvalue weighted by Gasteiger charge is -2.42. The number of likely N-dealkylation sites (tertiary alicyclic amines) is 1. The van der Waals surface area contributed by atoms with Gasteiger partial charge in [-0.15, -0.1) is 0 Å². The summed E-state index contributed by atoms with van der Waals surface area (Å²) in [6.07, 6.45) is 5.29. The second-order valence-electron chi connectivity index (χ2n) is 6.22. The minimum atomic E-state index is -0.618. The monoisotopic (exact) mass is 239 g/mol. The van der Waals surface area contributed by atoms with Crippen molar-refractivity contribution in [3.05, 3.63) is 0 Å². The van der Waals surface area contributed by atoms with Crippen LogP contribution in [0.4, 0.5) is 0 Å². The molecule has 2 atom stereocenters. The highest BCUT2D eigenvalue weighted by molar-refractivity contribution is 5.67. The van der Waals surface area contributed by atoms with E-state index in [-0.39, 0.29) is 0 Å². The summed E-state index contributed by atoms with van der Waals surface area (Å²) in [6.45, 7) is 6.82. The summed E-state index contributed by atoms with van der Waals surface area (Å²) >= 11 is 0. The smallest absolute Gasteiger partial charge is 0.303 e. The van der Waals surface area contributed by atoms with Gasteiger partial charge in [-0.3, -0.25) is 9.69 Å². The zero-order chi connectivity index (χ0) is 12.4. The Morgan fingerprint density at radius 3 is 2.59 bits per heavy atom. The van der Waals surface area contributed by atoms with Crippen LogP contribution in [0, 0.1) is 17.8 Å². The van der Waals surface area contributed by atoms with E-state index in [1.165, 1.54) is 25.8 Å². The lowest BCUT2D eigenvalue weighted by Crippen LogP contribution is -2.48. The first-order chi connectivity index (χ1) is 8.08. The molecule has 1 N–H and O–H groups in total. The van der Waals surface area contributed by atoms with Gasteiger partial charge in [-0.25, -0.2) is 0 Å².